The fourth-order valence-corrected chi connectivity index (χ4v) is 2.22. The molecule has 0 saturated carbocycles. The molecule has 0 bridgehead atoms. The summed E-state index contributed by atoms with van der Waals surface area (Å²) >= 11 is 9.31. The first-order valence-corrected chi connectivity index (χ1v) is 6.50. The van der Waals surface area contributed by atoms with Crippen LogP contribution in [0.3, 0.4) is 0 Å². The Morgan fingerprint density at radius 2 is 1.94 bits per heavy atom. The van der Waals surface area contributed by atoms with Gasteiger partial charge in [0.05, 0.1) is 11.3 Å². The average molecular weight is 322 g/mol. The molecule has 0 amide bonds. The number of nitrogens with one attached hydrogen (secondary N) is 1. The maximum absolute atomic E-state index is 9.07. The van der Waals surface area contributed by atoms with Crippen LogP contribution >= 0.6 is 27.5 Å². The fourth-order valence-electron chi connectivity index (χ4n) is 1.63. The molecule has 90 valence electrons. The highest BCUT2D eigenvalue weighted by molar-refractivity contribution is 9.10. The molecule has 0 unspecified atom stereocenters. The lowest BCUT2D eigenvalue weighted by atomic mass is 10.1. The quantitative estimate of drug-likeness (QED) is 0.842. The van der Waals surface area contributed by atoms with Crippen molar-refractivity contribution in [3.05, 3.63) is 57.0 Å². The lowest BCUT2D eigenvalue weighted by molar-refractivity contribution is 1.41. The third-order valence-corrected chi connectivity index (χ3v) is 3.29. The van der Waals surface area contributed by atoms with E-state index >= 15 is 0 Å². The van der Waals surface area contributed by atoms with Crippen molar-refractivity contribution in [2.45, 2.75) is 6.92 Å². The molecule has 1 N–H and O–H groups in total. The number of hydrogen-bond donors (Lipinski definition) is 1. The van der Waals surface area contributed by atoms with Gasteiger partial charge in [0.1, 0.15) is 6.07 Å². The molecule has 0 fully saturated rings. The fraction of sp³-hybridized carbons (Fsp3) is 0.0714. The second-order valence-corrected chi connectivity index (χ2v) is 5.24. The normalized spacial score (nSPS) is 9.89. The van der Waals surface area contributed by atoms with E-state index in [1.807, 2.05) is 37.3 Å². The summed E-state index contributed by atoms with van der Waals surface area (Å²) in [6.45, 7) is 1.97. The SMILES string of the molecule is Cc1cc(Cl)ccc1Nc1cc(Br)ccc1C#N. The van der Waals surface area contributed by atoms with Gasteiger partial charge in [-0.25, -0.2) is 0 Å². The molecule has 2 aromatic carbocycles. The molecule has 0 radical (unpaired) electrons. The second kappa shape index (κ2) is 5.43. The maximum Gasteiger partial charge on any atom is 0.101 e. The van der Waals surface area contributed by atoms with E-state index in [0.29, 0.717) is 10.6 Å². The summed E-state index contributed by atoms with van der Waals surface area (Å²) in [6.07, 6.45) is 0. The van der Waals surface area contributed by atoms with Gasteiger partial charge in [0.2, 0.25) is 0 Å². The molecule has 18 heavy (non-hydrogen) atoms. The van der Waals surface area contributed by atoms with Crippen molar-refractivity contribution in [1.29, 1.82) is 5.26 Å². The van der Waals surface area contributed by atoms with E-state index in [1.54, 1.807) is 6.07 Å². The van der Waals surface area contributed by atoms with Crippen LogP contribution in [-0.4, -0.2) is 0 Å². The molecular formula is C14H10BrClN2. The number of aryl methyl sites for hydroxylation is 1. The van der Waals surface area contributed by atoms with Crippen LogP contribution in [0.25, 0.3) is 0 Å². The summed E-state index contributed by atoms with van der Waals surface area (Å²) in [5.41, 5.74) is 3.35. The number of anilines is 2. The van der Waals surface area contributed by atoms with E-state index < -0.39 is 0 Å². The molecule has 0 atom stereocenters. The third kappa shape index (κ3) is 2.84. The van der Waals surface area contributed by atoms with Crippen LogP contribution in [0.2, 0.25) is 5.02 Å². The van der Waals surface area contributed by atoms with E-state index in [1.165, 1.54) is 0 Å². The van der Waals surface area contributed by atoms with Crippen molar-refractivity contribution in [2.24, 2.45) is 0 Å². The number of hydrogen-bond acceptors (Lipinski definition) is 2. The average Bonchev–Trinajstić information content (AvgIpc) is 2.33. The van der Waals surface area contributed by atoms with Gasteiger partial charge in [-0.2, -0.15) is 5.26 Å². The Kier molecular flexibility index (Phi) is 3.90. The number of nitriles is 1. The largest absolute Gasteiger partial charge is 0.354 e. The summed E-state index contributed by atoms with van der Waals surface area (Å²) in [5.74, 6) is 0. The first-order chi connectivity index (χ1) is 8.60. The first-order valence-electron chi connectivity index (χ1n) is 5.33. The Morgan fingerprint density at radius 3 is 2.61 bits per heavy atom. The summed E-state index contributed by atoms with van der Waals surface area (Å²) in [4.78, 5) is 0. The zero-order valence-corrected chi connectivity index (χ0v) is 12.0. The van der Waals surface area contributed by atoms with Gasteiger partial charge in [0.25, 0.3) is 0 Å². The van der Waals surface area contributed by atoms with E-state index in [4.69, 9.17) is 16.9 Å². The second-order valence-electron chi connectivity index (χ2n) is 3.89. The highest BCUT2D eigenvalue weighted by Crippen LogP contribution is 2.27. The van der Waals surface area contributed by atoms with Crippen LogP contribution in [0.4, 0.5) is 11.4 Å². The van der Waals surface area contributed by atoms with Crippen LogP contribution in [0.15, 0.2) is 40.9 Å². The minimum Gasteiger partial charge on any atom is -0.354 e. The maximum atomic E-state index is 9.07. The zero-order valence-electron chi connectivity index (χ0n) is 9.67. The van der Waals surface area contributed by atoms with Crippen molar-refractivity contribution >= 4 is 38.9 Å². The Labute approximate surface area is 119 Å². The molecule has 0 aliphatic heterocycles. The van der Waals surface area contributed by atoms with E-state index in [9.17, 15) is 0 Å². The lowest BCUT2D eigenvalue weighted by Gasteiger charge is -2.11. The summed E-state index contributed by atoms with van der Waals surface area (Å²) in [7, 11) is 0. The summed E-state index contributed by atoms with van der Waals surface area (Å²) < 4.78 is 0.926. The van der Waals surface area contributed by atoms with Gasteiger partial charge >= 0.3 is 0 Å². The summed E-state index contributed by atoms with van der Waals surface area (Å²) in [6, 6.07) is 13.3. The molecule has 2 aromatic rings. The molecule has 0 aromatic heterocycles. The van der Waals surface area contributed by atoms with Crippen LogP contribution < -0.4 is 5.32 Å². The molecule has 0 aliphatic carbocycles. The molecule has 0 saturated heterocycles. The Balaban J connectivity index is 2.40. The minimum atomic E-state index is 0.604. The van der Waals surface area contributed by atoms with Gasteiger partial charge in [-0.15, -0.1) is 0 Å². The number of rotatable bonds is 2. The highest BCUT2D eigenvalue weighted by Gasteiger charge is 2.05. The van der Waals surface area contributed by atoms with Crippen molar-refractivity contribution in [1.82, 2.24) is 0 Å². The molecule has 0 heterocycles. The van der Waals surface area contributed by atoms with Crippen molar-refractivity contribution in [2.75, 3.05) is 5.32 Å². The molecule has 0 spiro atoms. The Bertz CT molecular complexity index is 632. The Hall–Kier alpha value is -1.50. The van der Waals surface area contributed by atoms with Gasteiger partial charge < -0.3 is 5.32 Å². The molecular weight excluding hydrogens is 312 g/mol. The van der Waals surface area contributed by atoms with Crippen molar-refractivity contribution in [3.8, 4) is 6.07 Å². The predicted molar refractivity (Wildman–Crippen MR) is 78.3 cm³/mol. The van der Waals surface area contributed by atoms with Gasteiger partial charge in [-0.05, 0) is 48.9 Å². The van der Waals surface area contributed by atoms with Crippen molar-refractivity contribution < 1.29 is 0 Å². The smallest absolute Gasteiger partial charge is 0.101 e. The topological polar surface area (TPSA) is 35.8 Å². The number of nitrogens with zero attached hydrogens (tertiary/aromatic N) is 1. The van der Waals surface area contributed by atoms with Crippen LogP contribution in [0, 0.1) is 18.3 Å². The van der Waals surface area contributed by atoms with Gasteiger partial charge in [-0.3, -0.25) is 0 Å². The van der Waals surface area contributed by atoms with Gasteiger partial charge in [0, 0.05) is 15.2 Å². The predicted octanol–water partition coefficient (Wildman–Crippen LogP) is 5.03. The third-order valence-electron chi connectivity index (χ3n) is 2.56. The molecule has 2 nitrogen and oxygen atoms in total. The van der Waals surface area contributed by atoms with Crippen LogP contribution in [0.1, 0.15) is 11.1 Å². The standard InChI is InChI=1S/C14H10BrClN2/c1-9-6-12(16)4-5-13(9)18-14-7-11(15)3-2-10(14)8-17/h2-7,18H,1H3. The van der Waals surface area contributed by atoms with Crippen molar-refractivity contribution in [3.63, 3.8) is 0 Å². The minimum absolute atomic E-state index is 0.604. The molecule has 4 heteroatoms. The van der Waals surface area contributed by atoms with Crippen LogP contribution in [-0.2, 0) is 0 Å². The summed E-state index contributed by atoms with van der Waals surface area (Å²) in [5, 5.41) is 13.0. The lowest BCUT2D eigenvalue weighted by Crippen LogP contribution is -1.95. The highest BCUT2D eigenvalue weighted by atomic mass is 79.9. The Morgan fingerprint density at radius 1 is 1.17 bits per heavy atom. The van der Waals surface area contributed by atoms with Crippen LogP contribution in [0.5, 0.6) is 0 Å². The van der Waals surface area contributed by atoms with Gasteiger partial charge in [0.15, 0.2) is 0 Å². The van der Waals surface area contributed by atoms with Gasteiger partial charge in [-0.1, -0.05) is 27.5 Å². The zero-order chi connectivity index (χ0) is 13.1. The number of halogens is 2. The van der Waals surface area contributed by atoms with E-state index in [0.717, 1.165) is 21.4 Å². The van der Waals surface area contributed by atoms with E-state index in [2.05, 4.69) is 27.3 Å². The number of benzene rings is 2. The first kappa shape index (κ1) is 12.9. The van der Waals surface area contributed by atoms with E-state index in [-0.39, 0.29) is 0 Å². The molecule has 2 rings (SSSR count). The monoisotopic (exact) mass is 320 g/mol. The molecule has 0 aliphatic rings.